The highest BCUT2D eigenvalue weighted by Crippen LogP contribution is 2.30. The van der Waals surface area contributed by atoms with Crippen LogP contribution in [0.15, 0.2) is 42.5 Å². The lowest BCUT2D eigenvalue weighted by molar-refractivity contribution is -0.116. The fraction of sp³-hybridized carbons (Fsp3) is 0.400. The quantitative estimate of drug-likeness (QED) is 0.581. The molecule has 3 aromatic rings. The number of Topliss-reactive ketones (excluding diaryl/α,β-unsaturated/α-hetero) is 1. The zero-order chi connectivity index (χ0) is 20.2. The van der Waals surface area contributed by atoms with Gasteiger partial charge in [-0.15, -0.1) is 0 Å². The van der Waals surface area contributed by atoms with E-state index in [0.717, 1.165) is 54.8 Å². The average molecular weight is 392 g/mol. The van der Waals surface area contributed by atoms with Gasteiger partial charge in [-0.3, -0.25) is 0 Å². The molecule has 2 aromatic carbocycles. The first kappa shape index (κ1) is 19.7. The number of hydrogen-bond acceptors (Lipinski definition) is 3. The van der Waals surface area contributed by atoms with Gasteiger partial charge in [-0.25, -0.2) is 0 Å². The summed E-state index contributed by atoms with van der Waals surface area (Å²) in [5.41, 5.74) is 6.15. The summed E-state index contributed by atoms with van der Waals surface area (Å²) in [5.74, 6) is 1.69. The number of nitrogens with one attached hydrogen (secondary N) is 1. The third-order valence-electron chi connectivity index (χ3n) is 5.80. The summed E-state index contributed by atoms with van der Waals surface area (Å²) in [6, 6.07) is 14.9. The van der Waals surface area contributed by atoms with E-state index >= 15 is 0 Å². The van der Waals surface area contributed by atoms with E-state index in [9.17, 15) is 4.79 Å². The van der Waals surface area contributed by atoms with Crippen LogP contribution >= 0.6 is 0 Å². The number of ether oxygens (including phenoxy) is 2. The molecule has 29 heavy (non-hydrogen) atoms. The highest BCUT2D eigenvalue weighted by molar-refractivity contribution is 5.82. The van der Waals surface area contributed by atoms with Gasteiger partial charge in [-0.2, -0.15) is 0 Å². The third-order valence-corrected chi connectivity index (χ3v) is 5.80. The van der Waals surface area contributed by atoms with Crippen molar-refractivity contribution in [1.29, 1.82) is 0 Å². The molecule has 0 unspecified atom stereocenters. The molecule has 1 saturated heterocycles. The largest absolute Gasteiger partial charge is 0.489 e. The lowest BCUT2D eigenvalue weighted by atomic mass is 9.88. The molecule has 4 rings (SSSR count). The van der Waals surface area contributed by atoms with Gasteiger partial charge in [0, 0.05) is 36.2 Å². The molecule has 2 heterocycles. The van der Waals surface area contributed by atoms with E-state index < -0.39 is 0 Å². The number of hydrogen-bond donors (Lipinski definition) is 1. The summed E-state index contributed by atoms with van der Waals surface area (Å²) < 4.78 is 11.6. The van der Waals surface area contributed by atoms with E-state index in [0.29, 0.717) is 18.9 Å². The van der Waals surface area contributed by atoms with E-state index in [4.69, 9.17) is 9.47 Å². The number of carbonyl (C=O) groups is 1. The van der Waals surface area contributed by atoms with Crippen molar-refractivity contribution in [1.82, 2.24) is 4.98 Å². The Kier molecular flexibility index (Phi) is 6.00. The van der Waals surface area contributed by atoms with Crippen molar-refractivity contribution >= 4 is 16.7 Å². The topological polar surface area (TPSA) is 51.3 Å². The Bertz CT molecular complexity index is 998. The van der Waals surface area contributed by atoms with Crippen LogP contribution < -0.4 is 4.74 Å². The number of aromatic nitrogens is 1. The Labute approximate surface area is 172 Å². The number of rotatable bonds is 7. The Morgan fingerprint density at radius 3 is 2.72 bits per heavy atom. The lowest BCUT2D eigenvalue weighted by Gasteiger charge is -2.24. The Balaban J connectivity index is 1.41. The number of aryl methyl sites for hydroxylation is 2. The molecule has 1 aliphatic heterocycles. The summed E-state index contributed by atoms with van der Waals surface area (Å²) in [6.45, 7) is 6.12. The predicted molar refractivity (Wildman–Crippen MR) is 116 cm³/mol. The third kappa shape index (κ3) is 4.88. The fourth-order valence-electron chi connectivity index (χ4n) is 4.17. The van der Waals surface area contributed by atoms with Gasteiger partial charge < -0.3 is 19.3 Å². The smallest absolute Gasteiger partial charge is 0.130 e. The van der Waals surface area contributed by atoms with Gasteiger partial charge in [0.05, 0.1) is 0 Å². The van der Waals surface area contributed by atoms with Crippen molar-refractivity contribution in [2.45, 2.75) is 52.1 Å². The van der Waals surface area contributed by atoms with Crippen LogP contribution in [0.5, 0.6) is 5.75 Å². The van der Waals surface area contributed by atoms with E-state index in [1.54, 1.807) is 6.92 Å². The van der Waals surface area contributed by atoms with Gasteiger partial charge in [0.25, 0.3) is 0 Å². The molecule has 0 saturated carbocycles. The lowest BCUT2D eigenvalue weighted by Crippen LogP contribution is -2.15. The molecule has 0 spiro atoms. The Morgan fingerprint density at radius 1 is 1.14 bits per heavy atom. The second-order valence-corrected chi connectivity index (χ2v) is 8.11. The van der Waals surface area contributed by atoms with Crippen molar-refractivity contribution in [2.75, 3.05) is 13.2 Å². The van der Waals surface area contributed by atoms with Crippen LogP contribution in [-0.2, 0) is 22.6 Å². The van der Waals surface area contributed by atoms with Crippen LogP contribution in [0.25, 0.3) is 10.9 Å². The number of carbonyl (C=O) groups excluding carboxylic acids is 1. The van der Waals surface area contributed by atoms with Crippen LogP contribution in [0.3, 0.4) is 0 Å². The minimum atomic E-state index is 0.214. The summed E-state index contributed by atoms with van der Waals surface area (Å²) in [6.07, 6.45) is 3.54. The molecular weight excluding hydrogens is 362 g/mol. The number of H-pyrrole nitrogens is 1. The summed E-state index contributed by atoms with van der Waals surface area (Å²) >= 11 is 0. The van der Waals surface area contributed by atoms with Crippen molar-refractivity contribution < 1.29 is 14.3 Å². The molecule has 1 N–H and O–H groups in total. The van der Waals surface area contributed by atoms with Crippen molar-refractivity contribution in [3.8, 4) is 5.75 Å². The summed E-state index contributed by atoms with van der Waals surface area (Å²) in [7, 11) is 0. The normalized spacial score (nSPS) is 15.0. The maximum Gasteiger partial charge on any atom is 0.130 e. The molecule has 0 atom stereocenters. The number of fused-ring (bicyclic) bond motifs is 1. The first-order valence-electron chi connectivity index (χ1n) is 10.5. The molecule has 152 valence electrons. The predicted octanol–water partition coefficient (Wildman–Crippen LogP) is 5.47. The van der Waals surface area contributed by atoms with Gasteiger partial charge >= 0.3 is 0 Å². The van der Waals surface area contributed by atoms with Crippen LogP contribution in [0.4, 0.5) is 0 Å². The molecule has 0 bridgehead atoms. The van der Waals surface area contributed by atoms with Crippen LogP contribution in [0.2, 0.25) is 0 Å². The molecule has 1 fully saturated rings. The Morgan fingerprint density at radius 2 is 1.97 bits per heavy atom. The van der Waals surface area contributed by atoms with Crippen LogP contribution in [0, 0.1) is 6.92 Å². The standard InChI is InChI=1S/C25H29NO3/c1-17-13-19(4-7-24(17)20-9-11-28-12-10-20)16-29-23-6-8-25-21(15-23)14-22(26-25)5-3-18(2)27/h4,6-8,13-15,20,26H,3,5,9-12,16H2,1-2H3. The molecule has 0 aliphatic carbocycles. The van der Waals surface area contributed by atoms with Crippen molar-refractivity contribution in [3.63, 3.8) is 0 Å². The first-order valence-corrected chi connectivity index (χ1v) is 10.5. The zero-order valence-corrected chi connectivity index (χ0v) is 17.3. The molecule has 1 aliphatic rings. The minimum absolute atomic E-state index is 0.214. The fourth-order valence-corrected chi connectivity index (χ4v) is 4.17. The van der Waals surface area contributed by atoms with E-state index in [1.165, 1.54) is 16.7 Å². The van der Waals surface area contributed by atoms with Crippen LogP contribution in [-0.4, -0.2) is 24.0 Å². The van der Waals surface area contributed by atoms with Gasteiger partial charge in [-0.05, 0) is 80.0 Å². The molecule has 4 heteroatoms. The van der Waals surface area contributed by atoms with E-state index in [2.05, 4.69) is 42.2 Å². The van der Waals surface area contributed by atoms with Gasteiger partial charge in [-0.1, -0.05) is 18.2 Å². The van der Waals surface area contributed by atoms with Gasteiger partial charge in [0.1, 0.15) is 18.1 Å². The first-order chi connectivity index (χ1) is 14.1. The SMILES string of the molecule is CC(=O)CCc1cc2cc(OCc3ccc(C4CCOCC4)c(C)c3)ccc2[nH]1. The maximum atomic E-state index is 11.2. The second-order valence-electron chi connectivity index (χ2n) is 8.11. The molecular formula is C25H29NO3. The molecule has 0 radical (unpaired) electrons. The van der Waals surface area contributed by atoms with E-state index in [-0.39, 0.29) is 5.78 Å². The number of benzene rings is 2. The summed E-state index contributed by atoms with van der Waals surface area (Å²) in [4.78, 5) is 14.6. The highest BCUT2D eigenvalue weighted by Gasteiger charge is 2.17. The monoisotopic (exact) mass is 391 g/mol. The average Bonchev–Trinajstić information content (AvgIpc) is 3.14. The Hall–Kier alpha value is -2.59. The minimum Gasteiger partial charge on any atom is -0.489 e. The molecule has 1 aromatic heterocycles. The van der Waals surface area contributed by atoms with Gasteiger partial charge in [0.2, 0.25) is 0 Å². The van der Waals surface area contributed by atoms with Crippen molar-refractivity contribution in [2.24, 2.45) is 0 Å². The van der Waals surface area contributed by atoms with Crippen molar-refractivity contribution in [3.05, 3.63) is 64.8 Å². The molecule has 4 nitrogen and oxygen atoms in total. The zero-order valence-electron chi connectivity index (χ0n) is 17.3. The van der Waals surface area contributed by atoms with Crippen LogP contribution in [0.1, 0.15) is 54.5 Å². The highest BCUT2D eigenvalue weighted by atomic mass is 16.5. The van der Waals surface area contributed by atoms with E-state index in [1.807, 2.05) is 12.1 Å². The maximum absolute atomic E-state index is 11.2. The number of aromatic amines is 1. The number of ketones is 1. The molecule has 0 amide bonds. The second kappa shape index (κ2) is 8.83. The van der Waals surface area contributed by atoms with Gasteiger partial charge in [0.15, 0.2) is 0 Å². The summed E-state index contributed by atoms with van der Waals surface area (Å²) in [5, 5.41) is 1.12.